The molecule has 5 aromatic rings. The first kappa shape index (κ1) is 52.6. The van der Waals surface area contributed by atoms with E-state index in [9.17, 15) is 22.8 Å². The lowest BCUT2D eigenvalue weighted by molar-refractivity contribution is -0.140. The van der Waals surface area contributed by atoms with Gasteiger partial charge in [0.1, 0.15) is 45.9 Å². The summed E-state index contributed by atoms with van der Waals surface area (Å²) < 4.78 is 40.8. The fourth-order valence-corrected chi connectivity index (χ4v) is 12.9. The molecule has 0 radical (unpaired) electrons. The molecule has 2 saturated heterocycles. The Morgan fingerprint density at radius 1 is 0.882 bits per heavy atom. The molecule has 10 rings (SSSR count). The summed E-state index contributed by atoms with van der Waals surface area (Å²) in [6, 6.07) is 19.8. The maximum atomic E-state index is 15.4. The number of carbonyl (C=O) groups is 5. The van der Waals surface area contributed by atoms with Crippen molar-refractivity contribution < 1.29 is 41.9 Å². The smallest absolute Gasteiger partial charge is 0.259 e. The Kier molecular flexibility index (Phi) is 14.7. The highest BCUT2D eigenvalue weighted by Gasteiger charge is 2.63. The molecule has 0 unspecified atom stereocenters. The van der Waals surface area contributed by atoms with Gasteiger partial charge in [0, 0.05) is 77.7 Å². The lowest BCUT2D eigenvalue weighted by Gasteiger charge is -2.35. The summed E-state index contributed by atoms with van der Waals surface area (Å²) >= 11 is 1.48. The molecular weight excluding hydrogens is 1000 g/mol. The van der Waals surface area contributed by atoms with Crippen LogP contribution in [0.15, 0.2) is 90.3 Å². The number of nitrogens with one attached hydrogen (secondary N) is 3. The third-order valence-corrected chi connectivity index (χ3v) is 18.8. The number of thiazole rings is 1. The molecule has 2 aromatic heterocycles. The number of carbonyl (C=O) groups excluding carboxylic acids is 5. The van der Waals surface area contributed by atoms with Gasteiger partial charge in [-0.2, -0.15) is 0 Å². The second kappa shape index (κ2) is 21.3. The number of methoxy groups -OCH3 is 1. The number of ether oxygens (including phenoxy) is 2. The van der Waals surface area contributed by atoms with E-state index in [0.29, 0.717) is 108 Å². The van der Waals surface area contributed by atoms with Crippen LogP contribution in [0.3, 0.4) is 0 Å². The number of amides is 5. The van der Waals surface area contributed by atoms with Gasteiger partial charge < -0.3 is 34.8 Å². The SMILES string of the molecule is COc1ccc2c(O[C@@H]3C[C@H]4C(=O)N[C@]5(C(=O)NS(=O)(=O)C6(C)CC6)C[C@@H]5/C=C\CCCCC[C@H](Nc5cccc(C(=O)N6CCN(C(=O)c7ccccc7)CC6)c5)C(=O)N4C3)cc(-c3nc(C(C)C)cs3)nc2c1C. The second-order valence-corrected chi connectivity index (χ2v) is 24.5. The largest absolute Gasteiger partial charge is 0.496 e. The highest BCUT2D eigenvalue weighted by Crippen LogP contribution is 2.48. The second-order valence-electron chi connectivity index (χ2n) is 21.5. The molecule has 400 valence electrons. The van der Waals surface area contributed by atoms with E-state index in [1.54, 1.807) is 54.2 Å². The quantitative estimate of drug-likeness (QED) is 0.103. The number of pyridine rings is 1. The molecule has 0 bridgehead atoms. The fourth-order valence-electron chi connectivity index (χ4n) is 10.6. The predicted octanol–water partition coefficient (Wildman–Crippen LogP) is 7.62. The Morgan fingerprint density at radius 2 is 1.61 bits per heavy atom. The molecular formula is C57H66N8O9S2. The van der Waals surface area contributed by atoms with Gasteiger partial charge in [0.2, 0.25) is 21.8 Å². The number of allylic oxidation sites excluding steroid dienone is 1. The number of hydrogen-bond acceptors (Lipinski definition) is 13. The minimum Gasteiger partial charge on any atom is -0.496 e. The number of nitrogens with zero attached hydrogens (tertiary/aromatic N) is 5. The summed E-state index contributed by atoms with van der Waals surface area (Å²) in [5, 5.41) is 9.89. The average molecular weight is 1070 g/mol. The molecule has 76 heavy (non-hydrogen) atoms. The van der Waals surface area contributed by atoms with Gasteiger partial charge in [-0.15, -0.1) is 11.3 Å². The number of benzene rings is 3. The van der Waals surface area contributed by atoms with Crippen LogP contribution < -0.4 is 24.8 Å². The number of aryl methyl sites for hydroxylation is 1. The third-order valence-electron chi connectivity index (χ3n) is 15.8. The number of hydrogen-bond donors (Lipinski definition) is 3. The van der Waals surface area contributed by atoms with Crippen molar-refractivity contribution in [2.75, 3.05) is 45.2 Å². The van der Waals surface area contributed by atoms with Crippen molar-refractivity contribution >= 4 is 67.5 Å². The van der Waals surface area contributed by atoms with Crippen molar-refractivity contribution in [3.05, 3.63) is 113 Å². The summed E-state index contributed by atoms with van der Waals surface area (Å²) in [6.07, 6.45) is 7.61. The van der Waals surface area contributed by atoms with Crippen molar-refractivity contribution in [3.8, 4) is 22.2 Å². The molecule has 2 aliphatic carbocycles. The number of fused-ring (bicyclic) bond motifs is 3. The zero-order valence-electron chi connectivity index (χ0n) is 43.7. The zero-order chi connectivity index (χ0) is 53.5. The van der Waals surface area contributed by atoms with Gasteiger partial charge in [-0.3, -0.25) is 28.7 Å². The van der Waals surface area contributed by atoms with E-state index in [-0.39, 0.29) is 43.0 Å². The highest BCUT2D eigenvalue weighted by molar-refractivity contribution is 7.91. The van der Waals surface area contributed by atoms with E-state index in [2.05, 4.69) is 29.2 Å². The van der Waals surface area contributed by atoms with Crippen LogP contribution in [0.25, 0.3) is 21.6 Å². The van der Waals surface area contributed by atoms with Crippen LogP contribution in [-0.2, 0) is 24.4 Å². The Bertz CT molecular complexity index is 3210. The van der Waals surface area contributed by atoms with E-state index in [1.807, 2.05) is 66.9 Å². The van der Waals surface area contributed by atoms with Crippen molar-refractivity contribution in [3.63, 3.8) is 0 Å². The predicted molar refractivity (Wildman–Crippen MR) is 291 cm³/mol. The van der Waals surface area contributed by atoms with E-state index in [0.717, 1.165) is 24.1 Å². The molecule has 3 aliphatic heterocycles. The fraction of sp³-hybridized carbons (Fsp3) is 0.456. The first-order chi connectivity index (χ1) is 36.5. The number of anilines is 1. The molecule has 19 heteroatoms. The summed E-state index contributed by atoms with van der Waals surface area (Å²) in [5.74, 6) is -1.17. The maximum Gasteiger partial charge on any atom is 0.259 e. The number of sulfonamides is 1. The van der Waals surface area contributed by atoms with Crippen LogP contribution >= 0.6 is 11.3 Å². The lowest BCUT2D eigenvalue weighted by atomic mass is 10.0. The lowest BCUT2D eigenvalue weighted by Crippen LogP contribution is -2.58. The van der Waals surface area contributed by atoms with Crippen molar-refractivity contribution in [1.29, 1.82) is 0 Å². The Labute approximate surface area is 447 Å². The molecule has 0 spiro atoms. The van der Waals surface area contributed by atoms with E-state index in [1.165, 1.54) is 16.2 Å². The van der Waals surface area contributed by atoms with Gasteiger partial charge >= 0.3 is 0 Å². The number of piperazine rings is 1. The standard InChI is InChI=1S/C57H66N8O9S2/c1-35(2)45-34-75-51(60-45)44-31-48(42-21-22-47(73-5)36(3)49(42)59-44)74-41-30-46-50(66)61-57(55(70)62-76(71,72)56(4)23-24-56)32-39(57)18-12-7-6-8-13-20-43(54(69)65(46)33-41)58-40-19-14-17-38(29-40)53(68)64-27-25-63(26-28-64)52(67)37-15-10-9-11-16-37/h9-12,14-19,21-22,29,31,34-35,39,41,43,46,58H,6-8,13,20,23-28,30,32-33H2,1-5H3,(H,61,66)(H,62,70)/b18-12-/t39-,41+,43-,46-,57+/m0/s1. The third kappa shape index (κ3) is 10.6. The van der Waals surface area contributed by atoms with Crippen LogP contribution in [0.2, 0.25) is 0 Å². The summed E-state index contributed by atoms with van der Waals surface area (Å²) in [5.41, 5.74) is 2.99. The van der Waals surface area contributed by atoms with Gasteiger partial charge in [0.05, 0.1) is 29.6 Å². The van der Waals surface area contributed by atoms with E-state index < -0.39 is 56.2 Å². The first-order valence-corrected chi connectivity index (χ1v) is 28.8. The Hall–Kier alpha value is -6.86. The molecule has 5 heterocycles. The summed E-state index contributed by atoms with van der Waals surface area (Å²) in [6.45, 7) is 9.20. The van der Waals surface area contributed by atoms with Crippen LogP contribution in [0, 0.1) is 12.8 Å². The Morgan fingerprint density at radius 3 is 2.30 bits per heavy atom. The molecule has 5 atom stereocenters. The van der Waals surface area contributed by atoms with Crippen LogP contribution in [0.4, 0.5) is 5.69 Å². The molecule has 3 N–H and O–H groups in total. The van der Waals surface area contributed by atoms with Crippen LogP contribution in [-0.4, -0.2) is 131 Å². The van der Waals surface area contributed by atoms with Crippen LogP contribution in [0.5, 0.6) is 11.5 Å². The van der Waals surface area contributed by atoms with E-state index >= 15 is 9.59 Å². The minimum atomic E-state index is -4.04. The zero-order valence-corrected chi connectivity index (χ0v) is 45.3. The summed E-state index contributed by atoms with van der Waals surface area (Å²) in [7, 11) is -2.44. The molecule has 3 aromatic carbocycles. The van der Waals surface area contributed by atoms with Gasteiger partial charge in [-0.05, 0) is 101 Å². The average Bonchev–Trinajstić information content (AvgIpc) is 4.24. The molecule has 17 nitrogen and oxygen atoms in total. The van der Waals surface area contributed by atoms with Crippen molar-refractivity contribution in [2.45, 2.75) is 120 Å². The van der Waals surface area contributed by atoms with Crippen LogP contribution in [0.1, 0.15) is 116 Å². The highest BCUT2D eigenvalue weighted by atomic mass is 32.2. The molecule has 2 saturated carbocycles. The Balaban J connectivity index is 0.949. The van der Waals surface area contributed by atoms with E-state index in [4.69, 9.17) is 19.4 Å². The number of rotatable bonds is 12. The topological polar surface area (TPSA) is 210 Å². The summed E-state index contributed by atoms with van der Waals surface area (Å²) in [4.78, 5) is 86.9. The molecule has 5 aliphatic rings. The van der Waals surface area contributed by atoms with Gasteiger partial charge in [-0.25, -0.2) is 18.4 Å². The normalized spacial score (nSPS) is 24.1. The monoisotopic (exact) mass is 1070 g/mol. The van der Waals surface area contributed by atoms with Gasteiger partial charge in [0.25, 0.3) is 17.7 Å². The molecule has 5 amide bonds. The van der Waals surface area contributed by atoms with Crippen molar-refractivity contribution in [2.24, 2.45) is 5.92 Å². The molecule has 4 fully saturated rings. The maximum absolute atomic E-state index is 15.4. The minimum absolute atomic E-state index is 0.00464. The van der Waals surface area contributed by atoms with Gasteiger partial charge in [-0.1, -0.05) is 63.1 Å². The van der Waals surface area contributed by atoms with Gasteiger partial charge in [0.15, 0.2) is 0 Å². The first-order valence-electron chi connectivity index (χ1n) is 26.4. The van der Waals surface area contributed by atoms with Crippen molar-refractivity contribution in [1.82, 2.24) is 34.7 Å². The number of aromatic nitrogens is 2.